The third-order valence-corrected chi connectivity index (χ3v) is 2.96. The number of carbonyl (C=O) groups is 1. The van der Waals surface area contributed by atoms with Crippen molar-refractivity contribution >= 4 is 5.97 Å². The van der Waals surface area contributed by atoms with Gasteiger partial charge in [0.1, 0.15) is 0 Å². The molecule has 3 aromatic rings. The molecule has 0 fully saturated rings. The number of rotatable bonds is 4. The number of carboxylic acid groups (broad SMARTS) is 1. The molecule has 3 rings (SSSR count). The van der Waals surface area contributed by atoms with Crippen molar-refractivity contribution in [2.24, 2.45) is 0 Å². The number of aliphatic carboxylic acids is 1. The summed E-state index contributed by atoms with van der Waals surface area (Å²) < 4.78 is 5.72. The van der Waals surface area contributed by atoms with Crippen molar-refractivity contribution in [3.63, 3.8) is 0 Å². The van der Waals surface area contributed by atoms with Crippen LogP contribution in [-0.4, -0.2) is 21.0 Å². The molecule has 21 heavy (non-hydrogen) atoms. The van der Waals surface area contributed by atoms with Gasteiger partial charge >= 0.3 is 5.97 Å². The smallest absolute Gasteiger partial charge is 0.307 e. The lowest BCUT2D eigenvalue weighted by Crippen LogP contribution is -2.00. The first-order valence-electron chi connectivity index (χ1n) is 6.40. The Balaban J connectivity index is 1.91. The van der Waals surface area contributed by atoms with E-state index in [0.29, 0.717) is 22.8 Å². The van der Waals surface area contributed by atoms with Crippen molar-refractivity contribution in [3.8, 4) is 22.8 Å². The first kappa shape index (κ1) is 13.1. The van der Waals surface area contributed by atoms with E-state index in [9.17, 15) is 4.79 Å². The van der Waals surface area contributed by atoms with Crippen LogP contribution in [0.4, 0.5) is 0 Å². The summed E-state index contributed by atoms with van der Waals surface area (Å²) in [7, 11) is 0. The van der Waals surface area contributed by atoms with Gasteiger partial charge in [0.2, 0.25) is 5.89 Å². The zero-order valence-electron chi connectivity index (χ0n) is 11.1. The molecule has 0 spiro atoms. The van der Waals surface area contributed by atoms with Gasteiger partial charge in [-0.25, -0.2) is 4.98 Å². The van der Waals surface area contributed by atoms with Crippen LogP contribution in [0.1, 0.15) is 5.56 Å². The highest BCUT2D eigenvalue weighted by atomic mass is 16.4. The molecule has 0 saturated heterocycles. The Hall–Kier alpha value is -2.95. The molecule has 0 unspecified atom stereocenters. The van der Waals surface area contributed by atoms with E-state index < -0.39 is 5.97 Å². The van der Waals surface area contributed by atoms with E-state index in [1.54, 1.807) is 18.5 Å². The quantitative estimate of drug-likeness (QED) is 0.795. The Kier molecular flexibility index (Phi) is 3.47. The minimum Gasteiger partial charge on any atom is -0.481 e. The number of nitrogens with zero attached hydrogens (tertiary/aromatic N) is 2. The standard InChI is InChI=1S/C16H12N2O3/c19-15(20)7-11-6-13(9-17-8-11)14-10-18-16(21-14)12-4-2-1-3-5-12/h1-6,8-10H,7H2,(H,19,20). The third-order valence-electron chi connectivity index (χ3n) is 2.96. The number of hydrogen-bond donors (Lipinski definition) is 1. The maximum atomic E-state index is 10.7. The van der Waals surface area contributed by atoms with Gasteiger partial charge in [0, 0.05) is 23.5 Å². The molecule has 2 aromatic heterocycles. The largest absolute Gasteiger partial charge is 0.481 e. The van der Waals surface area contributed by atoms with Crippen molar-refractivity contribution in [2.75, 3.05) is 0 Å². The molecule has 5 nitrogen and oxygen atoms in total. The van der Waals surface area contributed by atoms with Gasteiger partial charge in [-0.15, -0.1) is 0 Å². The second kappa shape index (κ2) is 5.58. The maximum Gasteiger partial charge on any atom is 0.307 e. The summed E-state index contributed by atoms with van der Waals surface area (Å²) in [6.07, 6.45) is 4.71. The summed E-state index contributed by atoms with van der Waals surface area (Å²) in [4.78, 5) is 19.0. The van der Waals surface area contributed by atoms with Crippen LogP contribution in [0.3, 0.4) is 0 Å². The van der Waals surface area contributed by atoms with Crippen LogP contribution in [0, 0.1) is 0 Å². The van der Waals surface area contributed by atoms with Crippen LogP contribution in [-0.2, 0) is 11.2 Å². The molecule has 0 atom stereocenters. The Labute approximate surface area is 120 Å². The van der Waals surface area contributed by atoms with Gasteiger partial charge in [-0.1, -0.05) is 18.2 Å². The van der Waals surface area contributed by atoms with Crippen LogP contribution in [0.2, 0.25) is 0 Å². The highest BCUT2D eigenvalue weighted by Gasteiger charge is 2.10. The maximum absolute atomic E-state index is 10.7. The molecule has 0 aliphatic rings. The van der Waals surface area contributed by atoms with Gasteiger partial charge < -0.3 is 9.52 Å². The van der Waals surface area contributed by atoms with Crippen molar-refractivity contribution in [1.82, 2.24) is 9.97 Å². The monoisotopic (exact) mass is 280 g/mol. The van der Waals surface area contributed by atoms with Crippen LogP contribution < -0.4 is 0 Å². The number of pyridine rings is 1. The zero-order chi connectivity index (χ0) is 14.7. The average molecular weight is 280 g/mol. The lowest BCUT2D eigenvalue weighted by molar-refractivity contribution is -0.136. The molecule has 0 saturated carbocycles. The highest BCUT2D eigenvalue weighted by Crippen LogP contribution is 2.25. The van der Waals surface area contributed by atoms with E-state index in [0.717, 1.165) is 5.56 Å². The highest BCUT2D eigenvalue weighted by molar-refractivity contribution is 5.71. The van der Waals surface area contributed by atoms with Crippen molar-refractivity contribution in [2.45, 2.75) is 6.42 Å². The predicted octanol–water partition coefficient (Wildman–Crippen LogP) is 3.03. The van der Waals surface area contributed by atoms with Gasteiger partial charge in [0.15, 0.2) is 5.76 Å². The van der Waals surface area contributed by atoms with Crippen LogP contribution in [0.15, 0.2) is 59.4 Å². The summed E-state index contributed by atoms with van der Waals surface area (Å²) in [5, 5.41) is 8.82. The molecule has 0 bridgehead atoms. The molecular formula is C16H12N2O3. The van der Waals surface area contributed by atoms with Gasteiger partial charge in [-0.05, 0) is 23.8 Å². The number of oxazole rings is 1. The van der Waals surface area contributed by atoms with Gasteiger partial charge in [0.25, 0.3) is 0 Å². The molecule has 0 amide bonds. The average Bonchev–Trinajstić information content (AvgIpc) is 2.98. The molecule has 0 aliphatic carbocycles. The van der Waals surface area contributed by atoms with E-state index in [1.807, 2.05) is 30.3 Å². The fraction of sp³-hybridized carbons (Fsp3) is 0.0625. The first-order chi connectivity index (χ1) is 10.2. The lowest BCUT2D eigenvalue weighted by Gasteiger charge is -2.00. The van der Waals surface area contributed by atoms with E-state index in [4.69, 9.17) is 9.52 Å². The summed E-state index contributed by atoms with van der Waals surface area (Å²) in [6.45, 7) is 0. The molecular weight excluding hydrogens is 268 g/mol. The molecule has 2 heterocycles. The fourth-order valence-corrected chi connectivity index (χ4v) is 2.02. The normalized spacial score (nSPS) is 10.5. The van der Waals surface area contributed by atoms with Crippen molar-refractivity contribution < 1.29 is 14.3 Å². The summed E-state index contributed by atoms with van der Waals surface area (Å²) >= 11 is 0. The second-order valence-electron chi connectivity index (χ2n) is 4.55. The molecule has 0 radical (unpaired) electrons. The van der Waals surface area contributed by atoms with E-state index in [-0.39, 0.29) is 6.42 Å². The van der Waals surface area contributed by atoms with Crippen LogP contribution >= 0.6 is 0 Å². The van der Waals surface area contributed by atoms with Crippen LogP contribution in [0.25, 0.3) is 22.8 Å². The Morgan fingerprint density at radius 1 is 1.10 bits per heavy atom. The Morgan fingerprint density at radius 3 is 2.67 bits per heavy atom. The number of benzene rings is 1. The molecule has 1 N–H and O–H groups in total. The topological polar surface area (TPSA) is 76.2 Å². The summed E-state index contributed by atoms with van der Waals surface area (Å²) in [5.74, 6) is 0.194. The van der Waals surface area contributed by atoms with Gasteiger partial charge in [0.05, 0.1) is 12.6 Å². The van der Waals surface area contributed by atoms with Crippen molar-refractivity contribution in [1.29, 1.82) is 0 Å². The lowest BCUT2D eigenvalue weighted by atomic mass is 10.1. The van der Waals surface area contributed by atoms with E-state index in [2.05, 4.69) is 9.97 Å². The zero-order valence-corrected chi connectivity index (χ0v) is 11.1. The SMILES string of the molecule is O=C(O)Cc1cncc(-c2cnc(-c3ccccc3)o2)c1. The minimum absolute atomic E-state index is 0.0689. The van der Waals surface area contributed by atoms with E-state index in [1.165, 1.54) is 6.20 Å². The fourth-order valence-electron chi connectivity index (χ4n) is 2.02. The van der Waals surface area contributed by atoms with Gasteiger partial charge in [-0.3, -0.25) is 9.78 Å². The van der Waals surface area contributed by atoms with Crippen molar-refractivity contribution in [3.05, 3.63) is 60.6 Å². The van der Waals surface area contributed by atoms with Gasteiger partial charge in [-0.2, -0.15) is 0 Å². The van der Waals surface area contributed by atoms with Crippen LogP contribution in [0.5, 0.6) is 0 Å². The summed E-state index contributed by atoms with van der Waals surface area (Å²) in [6, 6.07) is 11.3. The van der Waals surface area contributed by atoms with E-state index >= 15 is 0 Å². The third kappa shape index (κ3) is 2.97. The predicted molar refractivity (Wildman–Crippen MR) is 76.5 cm³/mol. The number of hydrogen-bond acceptors (Lipinski definition) is 4. The molecule has 0 aliphatic heterocycles. The Bertz CT molecular complexity index is 766. The number of carboxylic acids is 1. The minimum atomic E-state index is -0.892. The molecule has 104 valence electrons. The molecule has 5 heteroatoms. The number of aromatic nitrogens is 2. The Morgan fingerprint density at radius 2 is 1.90 bits per heavy atom. The second-order valence-corrected chi connectivity index (χ2v) is 4.55. The summed E-state index contributed by atoms with van der Waals surface area (Å²) in [5.41, 5.74) is 2.22. The molecule has 1 aromatic carbocycles. The first-order valence-corrected chi connectivity index (χ1v) is 6.40.